The monoisotopic (exact) mass is 320 g/mol. The van der Waals surface area contributed by atoms with E-state index >= 15 is 0 Å². The van der Waals surface area contributed by atoms with Gasteiger partial charge in [0.15, 0.2) is 0 Å². The van der Waals surface area contributed by atoms with Gasteiger partial charge in [0.2, 0.25) is 10.0 Å². The molecule has 2 aliphatic heterocycles. The van der Waals surface area contributed by atoms with Crippen LogP contribution in [0.4, 0.5) is 0 Å². The number of sulfonamides is 1. The highest BCUT2D eigenvalue weighted by Gasteiger charge is 2.30. The van der Waals surface area contributed by atoms with Crippen LogP contribution in [0.2, 0.25) is 0 Å². The van der Waals surface area contributed by atoms with Crippen LogP contribution in [0.25, 0.3) is 0 Å². The molecule has 2 saturated heterocycles. The Morgan fingerprint density at radius 2 is 2.10 bits per heavy atom. The minimum atomic E-state index is -3.08. The molecule has 0 radical (unpaired) electrons. The molecule has 1 unspecified atom stereocenters. The maximum atomic E-state index is 12.5. The van der Waals surface area contributed by atoms with Crippen LogP contribution in [-0.2, 0) is 10.0 Å². The molecule has 2 aliphatic rings. The van der Waals surface area contributed by atoms with Crippen molar-refractivity contribution in [1.82, 2.24) is 9.62 Å². The first-order valence-corrected chi connectivity index (χ1v) is 10.3. The van der Waals surface area contributed by atoms with E-state index in [2.05, 4.69) is 19.2 Å². The van der Waals surface area contributed by atoms with E-state index in [1.54, 1.807) is 4.31 Å². The fourth-order valence-electron chi connectivity index (χ4n) is 2.87. The average molecular weight is 321 g/mol. The largest absolute Gasteiger partial charge is 0.314 e. The molecular formula is C14H28N2O2S2. The van der Waals surface area contributed by atoms with Gasteiger partial charge >= 0.3 is 0 Å². The van der Waals surface area contributed by atoms with E-state index in [0.717, 1.165) is 31.6 Å². The molecule has 1 N–H and O–H groups in total. The molecule has 0 saturated carbocycles. The van der Waals surface area contributed by atoms with Gasteiger partial charge in [0.1, 0.15) is 0 Å². The summed E-state index contributed by atoms with van der Waals surface area (Å²) in [6, 6.07) is 0.399. The predicted octanol–water partition coefficient (Wildman–Crippen LogP) is 2.07. The SMILES string of the molecule is CC1(C)CCN(S(=O)(=O)CCC2CCCCN2)CCS1. The zero-order valence-corrected chi connectivity index (χ0v) is 14.4. The number of thioether (sulfide) groups is 1. The van der Waals surface area contributed by atoms with Gasteiger partial charge in [0, 0.05) is 29.6 Å². The second kappa shape index (κ2) is 6.99. The molecule has 2 fully saturated rings. The minimum absolute atomic E-state index is 0.204. The normalized spacial score (nSPS) is 29.0. The van der Waals surface area contributed by atoms with E-state index < -0.39 is 10.0 Å². The molecule has 0 spiro atoms. The van der Waals surface area contributed by atoms with Crippen LogP contribution in [0.3, 0.4) is 0 Å². The third kappa shape index (κ3) is 4.90. The molecule has 0 aromatic heterocycles. The predicted molar refractivity (Wildman–Crippen MR) is 86.8 cm³/mol. The van der Waals surface area contributed by atoms with Gasteiger partial charge in [-0.05, 0) is 32.2 Å². The molecule has 0 amide bonds. The van der Waals surface area contributed by atoms with Crippen molar-refractivity contribution >= 4 is 21.8 Å². The summed E-state index contributed by atoms with van der Waals surface area (Å²) in [5.74, 6) is 1.21. The summed E-state index contributed by atoms with van der Waals surface area (Å²) in [5.41, 5.74) is 0. The van der Waals surface area contributed by atoms with E-state index in [-0.39, 0.29) is 4.75 Å². The molecule has 0 aromatic carbocycles. The first-order chi connectivity index (χ1) is 9.39. The lowest BCUT2D eigenvalue weighted by Gasteiger charge is -2.25. The second-order valence-corrected chi connectivity index (χ2v) is 10.4. The Morgan fingerprint density at radius 1 is 1.30 bits per heavy atom. The Labute approximate surface area is 128 Å². The van der Waals surface area contributed by atoms with Gasteiger partial charge < -0.3 is 5.32 Å². The number of nitrogens with zero attached hydrogens (tertiary/aromatic N) is 1. The lowest BCUT2D eigenvalue weighted by atomic mass is 10.0. The topological polar surface area (TPSA) is 49.4 Å². The van der Waals surface area contributed by atoms with Crippen molar-refractivity contribution in [3.8, 4) is 0 Å². The van der Waals surface area contributed by atoms with E-state index in [1.165, 1.54) is 12.8 Å². The van der Waals surface area contributed by atoms with Crippen LogP contribution in [-0.4, -0.2) is 54.7 Å². The van der Waals surface area contributed by atoms with Crippen LogP contribution in [0.1, 0.15) is 46.0 Å². The molecule has 0 aromatic rings. The van der Waals surface area contributed by atoms with Gasteiger partial charge in [0.05, 0.1) is 5.75 Å². The summed E-state index contributed by atoms with van der Waals surface area (Å²) < 4.78 is 26.9. The van der Waals surface area contributed by atoms with Crippen molar-refractivity contribution in [2.24, 2.45) is 0 Å². The molecule has 1 atom stereocenters. The molecule has 0 bridgehead atoms. The van der Waals surface area contributed by atoms with Gasteiger partial charge in [-0.25, -0.2) is 12.7 Å². The zero-order valence-electron chi connectivity index (χ0n) is 12.7. The number of piperidine rings is 1. The van der Waals surface area contributed by atoms with Gasteiger partial charge in [-0.2, -0.15) is 11.8 Å². The number of nitrogens with one attached hydrogen (secondary N) is 1. The van der Waals surface area contributed by atoms with Crippen LogP contribution in [0.15, 0.2) is 0 Å². The lowest BCUT2D eigenvalue weighted by molar-refractivity contribution is 0.382. The highest BCUT2D eigenvalue weighted by atomic mass is 32.2. The fraction of sp³-hybridized carbons (Fsp3) is 1.00. The van der Waals surface area contributed by atoms with Crippen LogP contribution in [0.5, 0.6) is 0 Å². The summed E-state index contributed by atoms with van der Waals surface area (Å²) in [5, 5.41) is 3.43. The summed E-state index contributed by atoms with van der Waals surface area (Å²) in [6.07, 6.45) is 5.28. The van der Waals surface area contributed by atoms with Gasteiger partial charge in [-0.15, -0.1) is 0 Å². The van der Waals surface area contributed by atoms with Crippen LogP contribution in [0, 0.1) is 0 Å². The molecule has 0 aliphatic carbocycles. The Bertz CT molecular complexity index is 403. The Kier molecular flexibility index (Phi) is 5.79. The van der Waals surface area contributed by atoms with Crippen molar-refractivity contribution in [2.75, 3.05) is 31.1 Å². The number of rotatable bonds is 4. The van der Waals surface area contributed by atoms with Gasteiger partial charge in [-0.3, -0.25) is 0 Å². The maximum Gasteiger partial charge on any atom is 0.214 e. The molecule has 4 nitrogen and oxygen atoms in total. The van der Waals surface area contributed by atoms with Crippen LogP contribution >= 0.6 is 11.8 Å². The van der Waals surface area contributed by atoms with E-state index in [4.69, 9.17) is 0 Å². The summed E-state index contributed by atoms with van der Waals surface area (Å²) in [6.45, 7) is 6.81. The van der Waals surface area contributed by atoms with Crippen LogP contribution < -0.4 is 5.32 Å². The number of hydrogen-bond donors (Lipinski definition) is 1. The standard InChI is InChI=1S/C14H28N2O2S2/c1-14(2)7-9-16(10-11-19-14)20(17,18)12-6-13-5-3-4-8-15-13/h13,15H,3-12H2,1-2H3. The highest BCUT2D eigenvalue weighted by molar-refractivity contribution is 8.00. The molecular weight excluding hydrogens is 292 g/mol. The Morgan fingerprint density at radius 3 is 2.80 bits per heavy atom. The van der Waals surface area contributed by atoms with Crippen molar-refractivity contribution in [3.05, 3.63) is 0 Å². The van der Waals surface area contributed by atoms with Crippen molar-refractivity contribution < 1.29 is 8.42 Å². The second-order valence-electron chi connectivity index (χ2n) is 6.51. The third-order valence-electron chi connectivity index (χ3n) is 4.33. The Balaban J connectivity index is 1.85. The first-order valence-electron chi connectivity index (χ1n) is 7.74. The molecule has 6 heteroatoms. The molecule has 2 rings (SSSR count). The summed E-state index contributed by atoms with van der Waals surface area (Å²) >= 11 is 1.89. The highest BCUT2D eigenvalue weighted by Crippen LogP contribution is 2.31. The van der Waals surface area contributed by atoms with Crippen molar-refractivity contribution in [3.63, 3.8) is 0 Å². The van der Waals surface area contributed by atoms with E-state index in [0.29, 0.717) is 24.9 Å². The van der Waals surface area contributed by atoms with Gasteiger partial charge in [-0.1, -0.05) is 20.3 Å². The lowest BCUT2D eigenvalue weighted by Crippen LogP contribution is -2.39. The Hall–Kier alpha value is 0.220. The summed E-state index contributed by atoms with van der Waals surface area (Å²) in [7, 11) is -3.08. The minimum Gasteiger partial charge on any atom is -0.314 e. The average Bonchev–Trinajstić information content (AvgIpc) is 2.59. The van der Waals surface area contributed by atoms with E-state index in [9.17, 15) is 8.42 Å². The van der Waals surface area contributed by atoms with Crippen molar-refractivity contribution in [2.45, 2.75) is 56.7 Å². The van der Waals surface area contributed by atoms with E-state index in [1.807, 2.05) is 11.8 Å². The van der Waals surface area contributed by atoms with Gasteiger partial charge in [0.25, 0.3) is 0 Å². The molecule has 2 heterocycles. The summed E-state index contributed by atoms with van der Waals surface area (Å²) in [4.78, 5) is 0. The molecule has 20 heavy (non-hydrogen) atoms. The number of hydrogen-bond acceptors (Lipinski definition) is 4. The zero-order chi connectivity index (χ0) is 14.6. The maximum absolute atomic E-state index is 12.5. The fourth-order valence-corrected chi connectivity index (χ4v) is 5.67. The molecule has 118 valence electrons. The third-order valence-corrected chi connectivity index (χ3v) is 7.60. The quantitative estimate of drug-likeness (QED) is 0.861. The first kappa shape index (κ1) is 16.6. The van der Waals surface area contributed by atoms with Crippen molar-refractivity contribution in [1.29, 1.82) is 0 Å². The smallest absolute Gasteiger partial charge is 0.214 e.